The van der Waals surface area contributed by atoms with Crippen LogP contribution in [0, 0.1) is 11.3 Å². The van der Waals surface area contributed by atoms with E-state index in [2.05, 4.69) is 27.6 Å². The van der Waals surface area contributed by atoms with Crippen LogP contribution >= 0.6 is 32.1 Å². The van der Waals surface area contributed by atoms with Gasteiger partial charge in [0.2, 0.25) is 11.8 Å². The molecule has 6 bridgehead atoms. The number of carbonyl (C=O) groups is 3. The SMILES string of the molecule is CO[C@@H](C)c1ncc(N2CCN(C)CC2)cc1-c1c2c3cc(ccc3n1CC(F)(F)F)-c1csc(n1)C[C@H](C1(NC(=O)[C@H]3CCCO3)C=I1)C(=O)N1CCC[C@H](N1)C(=O)OCC(C)(C)C2. The number of cyclic esters (lactones) is 1. The van der Waals surface area contributed by atoms with E-state index in [1.54, 1.807) is 25.4 Å². The number of rotatable bonds is 8. The first kappa shape index (κ1) is 46.1. The molecule has 2 N–H and O–H groups in total. The highest BCUT2D eigenvalue weighted by atomic mass is 127. The number of benzene rings is 1. The Morgan fingerprint density at radius 1 is 1.12 bits per heavy atom. The van der Waals surface area contributed by atoms with Gasteiger partial charge in [0.05, 0.1) is 52.6 Å². The molecule has 3 saturated heterocycles. The van der Waals surface area contributed by atoms with E-state index in [-0.39, 0.29) is 31.3 Å². The Balaban J connectivity index is 1.19. The number of pyridine rings is 1. The Kier molecular flexibility index (Phi) is 12.9. The van der Waals surface area contributed by atoms with Gasteiger partial charge in [-0.25, -0.2) is 10.4 Å². The van der Waals surface area contributed by atoms with Gasteiger partial charge in [-0.2, -0.15) is 13.2 Å². The number of thiazole rings is 1. The molecule has 0 saturated carbocycles. The van der Waals surface area contributed by atoms with E-state index in [0.29, 0.717) is 82.1 Å². The van der Waals surface area contributed by atoms with Crippen LogP contribution in [-0.4, -0.2) is 128 Å². The number of esters is 1. The number of anilines is 1. The summed E-state index contributed by atoms with van der Waals surface area (Å²) >= 11 is 0.695. The highest BCUT2D eigenvalue weighted by Crippen LogP contribution is 2.47. The van der Waals surface area contributed by atoms with Crippen molar-refractivity contribution < 1.29 is 41.8 Å². The number of hydrogen-bond acceptors (Lipinski definition) is 12. The molecule has 0 radical (unpaired) electrons. The molecule has 5 aliphatic heterocycles. The number of nitrogens with zero attached hydrogens (tertiary/aromatic N) is 6. The number of carbonyl (C=O) groups excluding carboxylic acids is 3. The van der Waals surface area contributed by atoms with Crippen molar-refractivity contribution in [3.8, 4) is 22.5 Å². The monoisotopic (exact) mass is 1030 g/mol. The Morgan fingerprint density at radius 2 is 1.91 bits per heavy atom. The minimum absolute atomic E-state index is 0.0419. The number of aromatic nitrogens is 3. The topological polar surface area (TPSA) is 143 Å². The second kappa shape index (κ2) is 18.2. The van der Waals surface area contributed by atoms with Crippen molar-refractivity contribution in [2.45, 2.75) is 93.8 Å². The Hall–Kier alpha value is -4.02. The summed E-state index contributed by atoms with van der Waals surface area (Å²) in [5, 5.41) is 7.91. The Labute approximate surface area is 390 Å². The molecule has 0 spiro atoms. The molecule has 4 aromatic rings. The van der Waals surface area contributed by atoms with Crippen LogP contribution in [0.2, 0.25) is 0 Å². The van der Waals surface area contributed by atoms with Crippen LogP contribution in [0.15, 0.2) is 35.8 Å². The molecule has 1 unspecified atom stereocenters. The van der Waals surface area contributed by atoms with E-state index in [9.17, 15) is 27.6 Å². The first-order valence-corrected chi connectivity index (χ1v) is 25.5. The largest absolute Gasteiger partial charge is 0.464 e. The number of hydrazine groups is 1. The molecule has 3 fully saturated rings. The first-order chi connectivity index (χ1) is 31.0. The Bertz CT molecular complexity index is 2490. The number of methoxy groups -OCH3 is 1. The molecule has 5 atom stereocenters. The smallest absolute Gasteiger partial charge is 0.406 e. The molecule has 2 amide bonds. The lowest BCUT2D eigenvalue weighted by Gasteiger charge is -2.37. The van der Waals surface area contributed by atoms with Crippen LogP contribution in [0.25, 0.3) is 33.4 Å². The van der Waals surface area contributed by atoms with Crippen molar-refractivity contribution in [3.63, 3.8) is 0 Å². The second-order valence-corrected chi connectivity index (χ2v) is 22.7. The molecule has 8 heterocycles. The predicted octanol–water partition coefficient (Wildman–Crippen LogP) is 6.41. The molecule has 5 aliphatic rings. The highest BCUT2D eigenvalue weighted by molar-refractivity contribution is 14.2. The summed E-state index contributed by atoms with van der Waals surface area (Å²) in [6.45, 7) is 8.45. The van der Waals surface area contributed by atoms with Crippen molar-refractivity contribution in [3.05, 3.63) is 52.1 Å². The zero-order valence-corrected chi connectivity index (χ0v) is 40.3. The predicted molar refractivity (Wildman–Crippen MR) is 251 cm³/mol. The number of ether oxygens (including phenoxy) is 3. The van der Waals surface area contributed by atoms with Gasteiger partial charge >= 0.3 is 12.1 Å². The van der Waals surface area contributed by atoms with E-state index in [0.717, 1.165) is 38.3 Å². The van der Waals surface area contributed by atoms with Crippen LogP contribution in [0.3, 0.4) is 0 Å². The lowest BCUT2D eigenvalue weighted by atomic mass is 9.84. The third kappa shape index (κ3) is 9.73. The van der Waals surface area contributed by atoms with Gasteiger partial charge in [0, 0.05) is 85.7 Å². The fourth-order valence-corrected chi connectivity index (χ4v) is 12.6. The zero-order valence-electron chi connectivity index (χ0n) is 37.3. The van der Waals surface area contributed by atoms with Crippen molar-refractivity contribution >= 4 is 70.5 Å². The van der Waals surface area contributed by atoms with Crippen LogP contribution in [-0.2, 0) is 48.0 Å². The molecular formula is C46H56F3IN8O6S. The van der Waals surface area contributed by atoms with E-state index in [1.165, 1.54) is 20.9 Å². The average molecular weight is 1030 g/mol. The summed E-state index contributed by atoms with van der Waals surface area (Å²) in [5.41, 5.74) is 7.03. The van der Waals surface area contributed by atoms with Gasteiger partial charge in [-0.05, 0) is 73.8 Å². The third-order valence-electron chi connectivity index (χ3n) is 13.2. The van der Waals surface area contributed by atoms with Gasteiger partial charge in [0.1, 0.15) is 22.2 Å². The van der Waals surface area contributed by atoms with Crippen LogP contribution in [0.4, 0.5) is 18.9 Å². The van der Waals surface area contributed by atoms with Crippen molar-refractivity contribution in [2.24, 2.45) is 11.3 Å². The molecule has 0 aliphatic carbocycles. The maximum atomic E-state index is 14.9. The normalized spacial score (nSPS) is 25.8. The van der Waals surface area contributed by atoms with Crippen molar-refractivity contribution in [1.82, 2.24) is 35.2 Å². The van der Waals surface area contributed by atoms with E-state index in [1.807, 2.05) is 42.3 Å². The van der Waals surface area contributed by atoms with E-state index in [4.69, 9.17) is 24.2 Å². The van der Waals surface area contributed by atoms with E-state index >= 15 is 0 Å². The maximum Gasteiger partial charge on any atom is 0.406 e. The van der Waals surface area contributed by atoms with Gasteiger partial charge < -0.3 is 33.9 Å². The van der Waals surface area contributed by atoms with Gasteiger partial charge in [0.15, 0.2) is 0 Å². The number of halogens is 4. The van der Waals surface area contributed by atoms with Crippen molar-refractivity contribution in [1.29, 1.82) is 0 Å². The number of fused-ring (bicyclic) bond motifs is 6. The zero-order chi connectivity index (χ0) is 45.8. The maximum absolute atomic E-state index is 14.9. The summed E-state index contributed by atoms with van der Waals surface area (Å²) in [6, 6.07) is 6.60. The molecule has 19 heteroatoms. The van der Waals surface area contributed by atoms with E-state index < -0.39 is 72.5 Å². The van der Waals surface area contributed by atoms with Gasteiger partial charge in [-0.3, -0.25) is 24.4 Å². The lowest BCUT2D eigenvalue weighted by molar-refractivity contribution is -0.155. The minimum atomic E-state index is -4.58. The fourth-order valence-electron chi connectivity index (χ4n) is 9.47. The fraction of sp³-hybridized carbons (Fsp3) is 0.565. The number of nitrogens with one attached hydrogen (secondary N) is 2. The summed E-state index contributed by atoms with van der Waals surface area (Å²) in [4.78, 5) is 56.6. The number of piperazine rings is 1. The first-order valence-electron chi connectivity index (χ1n) is 22.3. The van der Waals surface area contributed by atoms with Gasteiger partial charge in [-0.15, -0.1) is 11.3 Å². The lowest BCUT2D eigenvalue weighted by Crippen LogP contribution is -2.60. The van der Waals surface area contributed by atoms with Crippen LogP contribution < -0.4 is 15.6 Å². The molecule has 350 valence electrons. The number of likely N-dealkylation sites (N-methyl/N-ethyl adjacent to an activating group) is 1. The second-order valence-electron chi connectivity index (χ2n) is 18.7. The molecular weight excluding hydrogens is 977 g/mol. The minimum Gasteiger partial charge on any atom is -0.464 e. The standard InChI is InChI=1S/C46H56F3IN8O6S/c1-27(62-5)39-31(19-29(22-51-39)56-15-13-55(4)14-16-56)40-32-21-44(2,3)26-64-43(61)34-8-6-12-58(54-34)42(60)33(45(24-50-45)53-41(59)37-9-7-17-63-37)20-38-52-35(23-65-38)28-10-11-36(30(32)18-28)57(40)25-46(47,48)49/h10-11,18-19,22-24,27,33-34,37,54H,6-9,12-17,20-21,25-26H2,1-5H3,(H,53,59)/t27-,33-,34-,37+,45?/m0/s1. The number of alkyl halides is 4. The summed E-state index contributed by atoms with van der Waals surface area (Å²) < 4.78 is 65.0. The molecule has 9 rings (SSSR count). The molecule has 14 nitrogen and oxygen atoms in total. The quantitative estimate of drug-likeness (QED) is 0.0876. The summed E-state index contributed by atoms with van der Waals surface area (Å²) in [6.07, 6.45) is -1.05. The Morgan fingerprint density at radius 3 is 2.62 bits per heavy atom. The molecule has 3 aromatic heterocycles. The van der Waals surface area contributed by atoms with Crippen LogP contribution in [0.1, 0.15) is 68.8 Å². The van der Waals surface area contributed by atoms with Gasteiger partial charge in [-0.1, -0.05) is 40.6 Å². The number of amides is 2. The molecule has 65 heavy (non-hydrogen) atoms. The number of hydrogen-bond donors (Lipinski definition) is 2. The summed E-state index contributed by atoms with van der Waals surface area (Å²) in [7, 11) is 3.63. The summed E-state index contributed by atoms with van der Waals surface area (Å²) in [5.74, 6) is -1.69. The van der Waals surface area contributed by atoms with Gasteiger partial charge in [0.25, 0.3) is 0 Å². The van der Waals surface area contributed by atoms with Crippen molar-refractivity contribution in [2.75, 3.05) is 65.0 Å². The van der Waals surface area contributed by atoms with Crippen LogP contribution in [0.5, 0.6) is 0 Å². The third-order valence-corrected chi connectivity index (χ3v) is 17.0. The highest BCUT2D eigenvalue weighted by Gasteiger charge is 2.52. The molecule has 1 aromatic carbocycles. The average Bonchev–Trinajstić information content (AvgIpc) is 3.59.